The lowest BCUT2D eigenvalue weighted by Gasteiger charge is -2.17. The Morgan fingerprint density at radius 3 is 2.78 bits per heavy atom. The van der Waals surface area contributed by atoms with E-state index in [1.807, 2.05) is 0 Å². The van der Waals surface area contributed by atoms with E-state index >= 15 is 0 Å². The van der Waals surface area contributed by atoms with Crippen LogP contribution in [-0.4, -0.2) is 28.8 Å². The molecule has 0 aliphatic heterocycles. The van der Waals surface area contributed by atoms with Crippen LogP contribution in [0.1, 0.15) is 17.3 Å². The Bertz CT molecular complexity index is 523. The number of carbonyl (C=O) groups is 1. The SMILES string of the molecule is C#CCN(CC)C(=O)c1ccc(F)cc1[N+](=O)[O-]. The van der Waals surface area contributed by atoms with Gasteiger partial charge in [-0.25, -0.2) is 4.39 Å². The molecule has 5 nitrogen and oxygen atoms in total. The van der Waals surface area contributed by atoms with Crippen molar-refractivity contribution < 1.29 is 14.1 Å². The van der Waals surface area contributed by atoms with Gasteiger partial charge < -0.3 is 4.90 Å². The zero-order valence-electron chi connectivity index (χ0n) is 9.72. The molecule has 0 bridgehead atoms. The Balaban J connectivity index is 3.20. The van der Waals surface area contributed by atoms with Crippen molar-refractivity contribution >= 4 is 11.6 Å². The molecule has 0 radical (unpaired) electrons. The van der Waals surface area contributed by atoms with E-state index in [2.05, 4.69) is 5.92 Å². The smallest absolute Gasteiger partial charge is 0.285 e. The summed E-state index contributed by atoms with van der Waals surface area (Å²) in [5.74, 6) is 0.944. The van der Waals surface area contributed by atoms with Gasteiger partial charge in [0, 0.05) is 6.54 Å². The van der Waals surface area contributed by atoms with Gasteiger partial charge in [-0.2, -0.15) is 0 Å². The minimum Gasteiger partial charge on any atom is -0.328 e. The van der Waals surface area contributed by atoms with Crippen molar-refractivity contribution in [2.45, 2.75) is 6.92 Å². The summed E-state index contributed by atoms with van der Waals surface area (Å²) in [4.78, 5) is 23.3. The zero-order chi connectivity index (χ0) is 13.7. The molecule has 0 saturated heterocycles. The van der Waals surface area contributed by atoms with Crippen molar-refractivity contribution in [2.24, 2.45) is 0 Å². The van der Waals surface area contributed by atoms with E-state index in [0.29, 0.717) is 6.54 Å². The largest absolute Gasteiger partial charge is 0.328 e. The van der Waals surface area contributed by atoms with Crippen molar-refractivity contribution in [2.75, 3.05) is 13.1 Å². The van der Waals surface area contributed by atoms with E-state index in [1.54, 1.807) is 6.92 Å². The van der Waals surface area contributed by atoms with Crippen LogP contribution in [0, 0.1) is 28.3 Å². The predicted molar refractivity (Wildman–Crippen MR) is 63.5 cm³/mol. The molecule has 0 N–H and O–H groups in total. The lowest BCUT2D eigenvalue weighted by Crippen LogP contribution is -2.31. The van der Waals surface area contributed by atoms with Crippen LogP contribution < -0.4 is 0 Å². The van der Waals surface area contributed by atoms with Crippen LogP contribution >= 0.6 is 0 Å². The molecular formula is C12H11FN2O3. The fourth-order valence-electron chi connectivity index (χ4n) is 1.44. The molecule has 0 aliphatic carbocycles. The van der Waals surface area contributed by atoms with E-state index in [0.717, 1.165) is 18.2 Å². The summed E-state index contributed by atoms with van der Waals surface area (Å²) in [7, 11) is 0. The van der Waals surface area contributed by atoms with Crippen LogP contribution in [0.5, 0.6) is 0 Å². The van der Waals surface area contributed by atoms with Crippen LogP contribution in [0.4, 0.5) is 10.1 Å². The molecule has 1 rings (SSSR count). The van der Waals surface area contributed by atoms with E-state index < -0.39 is 22.3 Å². The number of hydrogen-bond acceptors (Lipinski definition) is 3. The Kier molecular flexibility index (Phi) is 4.38. The first-order valence-corrected chi connectivity index (χ1v) is 5.18. The summed E-state index contributed by atoms with van der Waals surface area (Å²) in [6, 6.07) is 2.82. The molecule has 0 aromatic heterocycles. The van der Waals surface area contributed by atoms with E-state index in [4.69, 9.17) is 6.42 Å². The van der Waals surface area contributed by atoms with Crippen LogP contribution in [0.3, 0.4) is 0 Å². The zero-order valence-corrected chi connectivity index (χ0v) is 9.72. The number of nitro benzene ring substituents is 1. The highest BCUT2D eigenvalue weighted by Crippen LogP contribution is 2.21. The number of rotatable bonds is 4. The molecule has 0 unspecified atom stereocenters. The van der Waals surface area contributed by atoms with E-state index in [9.17, 15) is 19.3 Å². The van der Waals surface area contributed by atoms with Gasteiger partial charge in [0.05, 0.1) is 17.5 Å². The van der Waals surface area contributed by atoms with Gasteiger partial charge in [-0.15, -0.1) is 6.42 Å². The molecule has 0 saturated carbocycles. The summed E-state index contributed by atoms with van der Waals surface area (Å²) < 4.78 is 12.9. The topological polar surface area (TPSA) is 63.5 Å². The predicted octanol–water partition coefficient (Wildman–Crippen LogP) is 1.83. The molecule has 1 aromatic rings. The third kappa shape index (κ3) is 2.83. The fourth-order valence-corrected chi connectivity index (χ4v) is 1.44. The van der Waals surface area contributed by atoms with E-state index in [1.165, 1.54) is 4.90 Å². The Hall–Kier alpha value is -2.42. The summed E-state index contributed by atoms with van der Waals surface area (Å²) in [5.41, 5.74) is -0.728. The summed E-state index contributed by atoms with van der Waals surface area (Å²) in [5, 5.41) is 10.8. The van der Waals surface area contributed by atoms with E-state index in [-0.39, 0.29) is 12.1 Å². The molecule has 0 heterocycles. The second-order valence-electron chi connectivity index (χ2n) is 3.44. The Morgan fingerprint density at radius 1 is 1.61 bits per heavy atom. The van der Waals surface area contributed by atoms with Crippen molar-refractivity contribution in [3.05, 3.63) is 39.7 Å². The maximum atomic E-state index is 12.9. The van der Waals surface area contributed by atoms with Gasteiger partial charge in [0.25, 0.3) is 11.6 Å². The molecule has 6 heteroatoms. The highest BCUT2D eigenvalue weighted by molar-refractivity contribution is 5.98. The van der Waals surface area contributed by atoms with Crippen LogP contribution in [-0.2, 0) is 0 Å². The number of nitro groups is 1. The van der Waals surface area contributed by atoms with Crippen molar-refractivity contribution in [3.63, 3.8) is 0 Å². The molecule has 0 fully saturated rings. The minimum absolute atomic E-state index is 0.0455. The number of benzene rings is 1. The molecule has 1 amide bonds. The first kappa shape index (κ1) is 13.6. The molecule has 0 aliphatic rings. The highest BCUT2D eigenvalue weighted by atomic mass is 19.1. The number of hydrogen-bond donors (Lipinski definition) is 0. The second-order valence-corrected chi connectivity index (χ2v) is 3.44. The van der Waals surface area contributed by atoms with Gasteiger partial charge in [-0.05, 0) is 19.1 Å². The van der Waals surface area contributed by atoms with Gasteiger partial charge in [0.2, 0.25) is 0 Å². The highest BCUT2D eigenvalue weighted by Gasteiger charge is 2.24. The van der Waals surface area contributed by atoms with Gasteiger partial charge in [0.15, 0.2) is 0 Å². The lowest BCUT2D eigenvalue weighted by molar-refractivity contribution is -0.385. The molecular weight excluding hydrogens is 239 g/mol. The third-order valence-corrected chi connectivity index (χ3v) is 2.34. The second kappa shape index (κ2) is 5.77. The van der Waals surface area contributed by atoms with Gasteiger partial charge in [-0.3, -0.25) is 14.9 Å². The molecule has 18 heavy (non-hydrogen) atoms. The molecule has 0 atom stereocenters. The number of halogens is 1. The molecule has 1 aromatic carbocycles. The number of amides is 1. The third-order valence-electron chi connectivity index (χ3n) is 2.34. The van der Waals surface area contributed by atoms with Crippen molar-refractivity contribution in [3.8, 4) is 12.3 Å². The standard InChI is InChI=1S/C12H11FN2O3/c1-3-7-14(4-2)12(16)10-6-5-9(13)8-11(10)15(17)18/h1,5-6,8H,4,7H2,2H3. The van der Waals surface area contributed by atoms with Crippen LogP contribution in [0.25, 0.3) is 0 Å². The maximum Gasteiger partial charge on any atom is 0.285 e. The van der Waals surface area contributed by atoms with Crippen molar-refractivity contribution in [1.29, 1.82) is 0 Å². The summed E-state index contributed by atoms with van der Waals surface area (Å²) >= 11 is 0. The quantitative estimate of drug-likeness (QED) is 0.465. The monoisotopic (exact) mass is 250 g/mol. The average Bonchev–Trinajstić information content (AvgIpc) is 2.35. The maximum absolute atomic E-state index is 12.9. The van der Waals surface area contributed by atoms with Gasteiger partial charge in [-0.1, -0.05) is 5.92 Å². The van der Waals surface area contributed by atoms with Gasteiger partial charge in [0.1, 0.15) is 11.4 Å². The van der Waals surface area contributed by atoms with Gasteiger partial charge >= 0.3 is 0 Å². The van der Waals surface area contributed by atoms with Crippen LogP contribution in [0.15, 0.2) is 18.2 Å². The molecule has 94 valence electrons. The Morgan fingerprint density at radius 2 is 2.28 bits per heavy atom. The first-order valence-electron chi connectivity index (χ1n) is 5.18. The number of carbonyl (C=O) groups excluding carboxylic acids is 1. The number of terminal acetylenes is 1. The van der Waals surface area contributed by atoms with Crippen molar-refractivity contribution in [1.82, 2.24) is 4.90 Å². The fraction of sp³-hybridized carbons (Fsp3) is 0.250. The first-order chi connectivity index (χ1) is 8.51. The summed E-state index contributed by atoms with van der Waals surface area (Å²) in [6.07, 6.45) is 5.11. The molecule has 0 spiro atoms. The minimum atomic E-state index is -0.792. The normalized spacial score (nSPS) is 9.61. The summed E-state index contributed by atoms with van der Waals surface area (Å²) in [6.45, 7) is 2.06. The Labute approximate surface area is 103 Å². The number of nitrogens with zero attached hydrogens (tertiary/aromatic N) is 2. The average molecular weight is 250 g/mol. The lowest BCUT2D eigenvalue weighted by atomic mass is 10.1. The van der Waals surface area contributed by atoms with Crippen LogP contribution in [0.2, 0.25) is 0 Å².